The minimum Gasteiger partial charge on any atom is -0.494 e. The van der Waals surface area contributed by atoms with Crippen molar-refractivity contribution >= 4 is 33.0 Å². The predicted octanol–water partition coefficient (Wildman–Crippen LogP) is 3.33. The van der Waals surface area contributed by atoms with Crippen LogP contribution in [0.1, 0.15) is 16.8 Å². The minimum absolute atomic E-state index is 0.0710. The number of ether oxygens (including phenoxy) is 1. The molecule has 8 heteroatoms. The van der Waals surface area contributed by atoms with E-state index in [4.69, 9.17) is 16.3 Å². The zero-order valence-electron chi connectivity index (χ0n) is 15.5. The number of amides is 1. The van der Waals surface area contributed by atoms with Gasteiger partial charge in [-0.25, -0.2) is 8.42 Å². The van der Waals surface area contributed by atoms with E-state index in [1.165, 1.54) is 18.2 Å². The Balaban J connectivity index is 2.00. The number of sulfone groups is 1. The number of hydrogen-bond acceptors (Lipinski definition) is 5. The van der Waals surface area contributed by atoms with Crippen LogP contribution >= 0.6 is 11.6 Å². The zero-order chi connectivity index (χ0) is 20.0. The molecule has 0 saturated carbocycles. The molecule has 0 spiro atoms. The molecule has 0 radical (unpaired) electrons. The smallest absolute Gasteiger partial charge is 0.255 e. The summed E-state index contributed by atoms with van der Waals surface area (Å²) in [4.78, 5) is 14.4. The third-order valence-electron chi connectivity index (χ3n) is 3.72. The third kappa shape index (κ3) is 6.53. The van der Waals surface area contributed by atoms with Gasteiger partial charge >= 0.3 is 0 Å². The molecule has 0 aliphatic carbocycles. The number of benzene rings is 2. The molecule has 2 aromatic carbocycles. The molecule has 0 aliphatic rings. The maximum absolute atomic E-state index is 12.4. The van der Waals surface area contributed by atoms with Gasteiger partial charge in [0.2, 0.25) is 0 Å². The average molecular weight is 411 g/mol. The third-order valence-corrected chi connectivity index (χ3v) is 5.30. The zero-order valence-corrected chi connectivity index (χ0v) is 17.1. The monoisotopic (exact) mass is 410 g/mol. The van der Waals surface area contributed by atoms with Crippen molar-refractivity contribution in [3.8, 4) is 5.75 Å². The fourth-order valence-electron chi connectivity index (χ4n) is 2.34. The Morgan fingerprint density at radius 1 is 1.15 bits per heavy atom. The molecule has 146 valence electrons. The van der Waals surface area contributed by atoms with Gasteiger partial charge in [-0.05, 0) is 63.0 Å². The van der Waals surface area contributed by atoms with Gasteiger partial charge in [0.15, 0.2) is 9.84 Å². The number of carbonyl (C=O) groups excluding carboxylic acids is 1. The van der Waals surface area contributed by atoms with Gasteiger partial charge < -0.3 is 15.0 Å². The van der Waals surface area contributed by atoms with Crippen LogP contribution in [0.15, 0.2) is 47.4 Å². The first kappa shape index (κ1) is 21.2. The molecule has 2 rings (SSSR count). The number of halogens is 1. The van der Waals surface area contributed by atoms with Gasteiger partial charge in [0, 0.05) is 24.1 Å². The Kier molecular flexibility index (Phi) is 7.24. The maximum Gasteiger partial charge on any atom is 0.255 e. The second-order valence-corrected chi connectivity index (χ2v) is 8.79. The topological polar surface area (TPSA) is 75.7 Å². The first-order valence-electron chi connectivity index (χ1n) is 8.35. The summed E-state index contributed by atoms with van der Waals surface area (Å²) in [5, 5.41) is 2.81. The Morgan fingerprint density at radius 2 is 1.81 bits per heavy atom. The summed E-state index contributed by atoms with van der Waals surface area (Å²) in [6.45, 7) is 1.56. The van der Waals surface area contributed by atoms with Crippen molar-refractivity contribution in [3.63, 3.8) is 0 Å². The second-order valence-electron chi connectivity index (χ2n) is 6.40. The molecule has 0 bridgehead atoms. The van der Waals surface area contributed by atoms with Crippen molar-refractivity contribution in [2.75, 3.05) is 38.8 Å². The Labute approximate surface area is 165 Å². The number of hydrogen-bond donors (Lipinski definition) is 1. The van der Waals surface area contributed by atoms with Gasteiger partial charge in [-0.15, -0.1) is 0 Å². The SMILES string of the molecule is CN(C)CCCOc1ccc(NC(=O)c2ccc(Cl)c(S(C)(=O)=O)c2)cc1. The van der Waals surface area contributed by atoms with Gasteiger partial charge in [-0.2, -0.15) is 0 Å². The number of nitrogens with one attached hydrogen (secondary N) is 1. The summed E-state index contributed by atoms with van der Waals surface area (Å²) in [5.41, 5.74) is 0.792. The van der Waals surface area contributed by atoms with E-state index in [1.54, 1.807) is 24.3 Å². The first-order valence-corrected chi connectivity index (χ1v) is 10.6. The Bertz CT molecular complexity index is 896. The van der Waals surface area contributed by atoms with E-state index in [9.17, 15) is 13.2 Å². The van der Waals surface area contributed by atoms with Gasteiger partial charge in [0.25, 0.3) is 5.91 Å². The lowest BCUT2D eigenvalue weighted by Gasteiger charge is -2.11. The molecule has 27 heavy (non-hydrogen) atoms. The van der Waals surface area contributed by atoms with Crippen LogP contribution in [0.3, 0.4) is 0 Å². The van der Waals surface area contributed by atoms with Gasteiger partial charge in [0.1, 0.15) is 5.75 Å². The molecular weight excluding hydrogens is 388 g/mol. The molecule has 0 aromatic heterocycles. The van der Waals surface area contributed by atoms with Gasteiger partial charge in [-0.3, -0.25) is 4.79 Å². The number of carbonyl (C=O) groups is 1. The van der Waals surface area contributed by atoms with E-state index in [-0.39, 0.29) is 15.5 Å². The molecule has 0 saturated heterocycles. The fourth-order valence-corrected chi connectivity index (χ4v) is 3.64. The van der Waals surface area contributed by atoms with Gasteiger partial charge in [0.05, 0.1) is 16.5 Å². The van der Waals surface area contributed by atoms with E-state index in [0.29, 0.717) is 12.3 Å². The summed E-state index contributed by atoms with van der Waals surface area (Å²) in [5.74, 6) is 0.300. The van der Waals surface area contributed by atoms with Crippen LogP contribution in [0.4, 0.5) is 5.69 Å². The standard InChI is InChI=1S/C19H23ClN2O4S/c1-22(2)11-4-12-26-16-8-6-15(7-9-16)21-19(23)14-5-10-17(20)18(13-14)27(3,24)25/h5-10,13H,4,11-12H2,1-3H3,(H,21,23). The van der Waals surface area contributed by atoms with Crippen molar-refractivity contribution in [2.24, 2.45) is 0 Å². The molecular formula is C19H23ClN2O4S. The predicted molar refractivity (Wildman–Crippen MR) is 108 cm³/mol. The lowest BCUT2D eigenvalue weighted by atomic mass is 10.2. The maximum atomic E-state index is 12.4. The van der Waals surface area contributed by atoms with Crippen molar-refractivity contribution in [3.05, 3.63) is 53.1 Å². The lowest BCUT2D eigenvalue weighted by Crippen LogP contribution is -2.15. The van der Waals surface area contributed by atoms with E-state index in [0.717, 1.165) is 25.0 Å². The first-order chi connectivity index (χ1) is 12.7. The van der Waals surface area contributed by atoms with E-state index in [2.05, 4.69) is 10.2 Å². The van der Waals surface area contributed by atoms with Crippen LogP contribution in [0.5, 0.6) is 5.75 Å². The van der Waals surface area contributed by atoms with E-state index >= 15 is 0 Å². The normalized spacial score (nSPS) is 11.4. The van der Waals surface area contributed by atoms with E-state index < -0.39 is 15.7 Å². The summed E-state index contributed by atoms with van der Waals surface area (Å²) in [6, 6.07) is 11.2. The second kappa shape index (κ2) is 9.21. The van der Waals surface area contributed by atoms with E-state index in [1.807, 2.05) is 14.1 Å². The minimum atomic E-state index is -3.52. The van der Waals surface area contributed by atoms with Crippen LogP contribution in [0, 0.1) is 0 Å². The van der Waals surface area contributed by atoms with Crippen molar-refractivity contribution in [2.45, 2.75) is 11.3 Å². The molecule has 2 aromatic rings. The summed E-state index contributed by atoms with van der Waals surface area (Å²) < 4.78 is 29.1. The Morgan fingerprint density at radius 3 is 2.41 bits per heavy atom. The Hall–Kier alpha value is -2.09. The van der Waals surface area contributed by atoms with Crippen LogP contribution < -0.4 is 10.1 Å². The molecule has 0 heterocycles. The molecule has 0 unspecified atom stereocenters. The number of nitrogens with zero attached hydrogens (tertiary/aromatic N) is 1. The molecule has 1 amide bonds. The highest BCUT2D eigenvalue weighted by molar-refractivity contribution is 7.90. The van der Waals surface area contributed by atoms with Crippen LogP contribution in [-0.4, -0.2) is 52.7 Å². The fraction of sp³-hybridized carbons (Fsp3) is 0.316. The van der Waals surface area contributed by atoms with Crippen molar-refractivity contribution in [1.82, 2.24) is 4.90 Å². The molecule has 0 atom stereocenters. The van der Waals surface area contributed by atoms with Crippen LogP contribution in [0.25, 0.3) is 0 Å². The summed E-state index contributed by atoms with van der Waals surface area (Å²) >= 11 is 5.91. The summed E-state index contributed by atoms with van der Waals surface area (Å²) in [7, 11) is 0.506. The quantitative estimate of drug-likeness (QED) is 0.675. The number of rotatable bonds is 8. The van der Waals surface area contributed by atoms with Crippen LogP contribution in [-0.2, 0) is 9.84 Å². The lowest BCUT2D eigenvalue weighted by molar-refractivity contribution is 0.102. The van der Waals surface area contributed by atoms with Crippen molar-refractivity contribution in [1.29, 1.82) is 0 Å². The molecule has 0 fully saturated rings. The molecule has 6 nitrogen and oxygen atoms in total. The molecule has 1 N–H and O–H groups in total. The largest absolute Gasteiger partial charge is 0.494 e. The molecule has 0 aliphatic heterocycles. The van der Waals surface area contributed by atoms with Gasteiger partial charge in [-0.1, -0.05) is 11.6 Å². The van der Waals surface area contributed by atoms with Crippen molar-refractivity contribution < 1.29 is 17.9 Å². The highest BCUT2D eigenvalue weighted by Gasteiger charge is 2.16. The highest BCUT2D eigenvalue weighted by Crippen LogP contribution is 2.23. The average Bonchev–Trinajstić information content (AvgIpc) is 2.59. The summed E-state index contributed by atoms with van der Waals surface area (Å²) in [6.07, 6.45) is 1.97. The van der Waals surface area contributed by atoms with Crippen LogP contribution in [0.2, 0.25) is 5.02 Å². The highest BCUT2D eigenvalue weighted by atomic mass is 35.5. The number of anilines is 1.